The lowest BCUT2D eigenvalue weighted by molar-refractivity contribution is 0.254. The Morgan fingerprint density at radius 1 is 1.11 bits per heavy atom. The SMILES string of the molecule is CNC(=O)Nc1ccc2c(O)c(N=Nc3ccccc3)c(S(=O)[O-])cc2c1. The molecule has 1 atom stereocenters. The molecule has 0 bridgehead atoms. The van der Waals surface area contributed by atoms with Gasteiger partial charge in [0.25, 0.3) is 0 Å². The summed E-state index contributed by atoms with van der Waals surface area (Å²) in [5.41, 5.74) is 0.819. The second-order valence-electron chi connectivity index (χ2n) is 5.48. The van der Waals surface area contributed by atoms with Crippen LogP contribution in [-0.4, -0.2) is 26.9 Å². The van der Waals surface area contributed by atoms with E-state index in [1.54, 1.807) is 42.5 Å². The molecule has 0 saturated heterocycles. The van der Waals surface area contributed by atoms with Gasteiger partial charge in [-0.05, 0) is 52.9 Å². The van der Waals surface area contributed by atoms with Gasteiger partial charge in [0.15, 0.2) is 5.75 Å². The van der Waals surface area contributed by atoms with E-state index in [0.29, 0.717) is 22.1 Å². The zero-order valence-corrected chi connectivity index (χ0v) is 15.0. The number of phenols is 1. The van der Waals surface area contributed by atoms with E-state index in [9.17, 15) is 18.7 Å². The molecule has 8 nitrogen and oxygen atoms in total. The summed E-state index contributed by atoms with van der Waals surface area (Å²) in [6, 6.07) is 14.4. The van der Waals surface area contributed by atoms with Crippen LogP contribution < -0.4 is 10.6 Å². The Morgan fingerprint density at radius 2 is 1.85 bits per heavy atom. The molecule has 0 saturated carbocycles. The number of urea groups is 1. The number of nitrogens with zero attached hydrogens (tertiary/aromatic N) is 2. The minimum absolute atomic E-state index is 0.147. The first-order valence-corrected chi connectivity index (χ1v) is 8.91. The molecule has 3 aromatic rings. The first-order valence-electron chi connectivity index (χ1n) is 7.84. The molecule has 1 unspecified atom stereocenters. The maximum atomic E-state index is 11.6. The lowest BCUT2D eigenvalue weighted by Gasteiger charge is -2.13. The summed E-state index contributed by atoms with van der Waals surface area (Å²) >= 11 is -2.65. The van der Waals surface area contributed by atoms with Gasteiger partial charge in [-0.1, -0.05) is 18.2 Å². The van der Waals surface area contributed by atoms with Crippen LogP contribution in [-0.2, 0) is 11.1 Å². The van der Waals surface area contributed by atoms with Crippen LogP contribution in [0, 0.1) is 0 Å². The molecular formula is C18H15N4O4S-. The Labute approximate surface area is 157 Å². The van der Waals surface area contributed by atoms with Crippen LogP contribution >= 0.6 is 0 Å². The van der Waals surface area contributed by atoms with Gasteiger partial charge in [0.1, 0.15) is 5.69 Å². The van der Waals surface area contributed by atoms with Gasteiger partial charge in [0.05, 0.1) is 10.6 Å². The van der Waals surface area contributed by atoms with Crippen LogP contribution in [0.3, 0.4) is 0 Å². The first-order chi connectivity index (χ1) is 13.0. The molecule has 0 radical (unpaired) electrons. The summed E-state index contributed by atoms with van der Waals surface area (Å²) in [5.74, 6) is -0.308. The number of hydrogen-bond acceptors (Lipinski definition) is 6. The van der Waals surface area contributed by atoms with Gasteiger partial charge in [-0.25, -0.2) is 4.79 Å². The maximum absolute atomic E-state index is 11.6. The van der Waals surface area contributed by atoms with Crippen molar-refractivity contribution in [3.8, 4) is 5.75 Å². The van der Waals surface area contributed by atoms with Crippen molar-refractivity contribution in [1.82, 2.24) is 5.32 Å². The minimum atomic E-state index is -2.65. The average molecular weight is 383 g/mol. The number of fused-ring (bicyclic) bond motifs is 1. The van der Waals surface area contributed by atoms with Crippen molar-refractivity contribution in [2.24, 2.45) is 10.2 Å². The third-order valence-corrected chi connectivity index (χ3v) is 4.41. The molecule has 0 fully saturated rings. The number of carbonyl (C=O) groups excluding carboxylic acids is 1. The van der Waals surface area contributed by atoms with Crippen LogP contribution in [0.15, 0.2) is 69.7 Å². The Morgan fingerprint density at radius 3 is 2.52 bits per heavy atom. The summed E-state index contributed by atoms with van der Waals surface area (Å²) in [6.07, 6.45) is 0. The fourth-order valence-corrected chi connectivity index (χ4v) is 2.97. The van der Waals surface area contributed by atoms with Crippen LogP contribution in [0.4, 0.5) is 21.9 Å². The number of carbonyl (C=O) groups is 1. The van der Waals surface area contributed by atoms with E-state index in [2.05, 4.69) is 20.9 Å². The van der Waals surface area contributed by atoms with E-state index in [1.807, 2.05) is 6.07 Å². The van der Waals surface area contributed by atoms with Gasteiger partial charge in [0, 0.05) is 18.1 Å². The summed E-state index contributed by atoms with van der Waals surface area (Å²) in [6.45, 7) is 0. The number of amides is 2. The molecule has 0 aliphatic carbocycles. The fourth-order valence-electron chi connectivity index (χ4n) is 2.45. The number of aromatic hydroxyl groups is 1. The molecule has 0 aliphatic rings. The Kier molecular flexibility index (Phi) is 5.43. The minimum Gasteiger partial charge on any atom is -0.768 e. The van der Waals surface area contributed by atoms with E-state index >= 15 is 0 Å². The zero-order valence-electron chi connectivity index (χ0n) is 14.2. The second kappa shape index (κ2) is 7.94. The molecule has 0 aliphatic heterocycles. The molecule has 3 rings (SSSR count). The summed E-state index contributed by atoms with van der Waals surface area (Å²) in [5, 5.41) is 24.3. The number of azo groups is 1. The quantitative estimate of drug-likeness (QED) is 0.466. The fraction of sp³-hybridized carbons (Fsp3) is 0.0556. The molecular weight excluding hydrogens is 368 g/mol. The van der Waals surface area contributed by atoms with E-state index in [0.717, 1.165) is 0 Å². The van der Waals surface area contributed by atoms with Gasteiger partial charge >= 0.3 is 6.03 Å². The molecule has 9 heteroatoms. The van der Waals surface area contributed by atoms with E-state index in [-0.39, 0.29) is 16.3 Å². The molecule has 0 spiro atoms. The maximum Gasteiger partial charge on any atom is 0.318 e. The molecule has 0 aromatic heterocycles. The predicted octanol–water partition coefficient (Wildman–Crippen LogP) is 3.95. The summed E-state index contributed by atoms with van der Waals surface area (Å²) in [4.78, 5) is 11.2. The summed E-state index contributed by atoms with van der Waals surface area (Å²) in [7, 11) is 1.48. The lowest BCUT2D eigenvalue weighted by atomic mass is 10.1. The van der Waals surface area contributed by atoms with E-state index in [1.165, 1.54) is 13.1 Å². The van der Waals surface area contributed by atoms with Gasteiger partial charge in [0.2, 0.25) is 0 Å². The number of nitrogens with one attached hydrogen (secondary N) is 2. The largest absolute Gasteiger partial charge is 0.768 e. The number of hydrogen-bond donors (Lipinski definition) is 3. The molecule has 138 valence electrons. The number of benzene rings is 3. The van der Waals surface area contributed by atoms with Crippen molar-refractivity contribution in [2.75, 3.05) is 12.4 Å². The predicted molar refractivity (Wildman–Crippen MR) is 101 cm³/mol. The van der Waals surface area contributed by atoms with Gasteiger partial charge < -0.3 is 20.3 Å². The van der Waals surface area contributed by atoms with Crippen LogP contribution in [0.2, 0.25) is 0 Å². The monoisotopic (exact) mass is 383 g/mol. The Hall–Kier alpha value is -3.30. The highest BCUT2D eigenvalue weighted by Crippen LogP contribution is 2.41. The van der Waals surface area contributed by atoms with E-state index < -0.39 is 17.1 Å². The highest BCUT2D eigenvalue weighted by molar-refractivity contribution is 7.79. The van der Waals surface area contributed by atoms with Crippen LogP contribution in [0.5, 0.6) is 5.75 Å². The smallest absolute Gasteiger partial charge is 0.318 e. The third-order valence-electron chi connectivity index (χ3n) is 3.74. The average Bonchev–Trinajstić information content (AvgIpc) is 2.67. The lowest BCUT2D eigenvalue weighted by Crippen LogP contribution is -2.24. The topological polar surface area (TPSA) is 126 Å². The first kappa shape index (κ1) is 18.5. The van der Waals surface area contributed by atoms with Crippen molar-refractivity contribution in [3.05, 3.63) is 54.6 Å². The van der Waals surface area contributed by atoms with Gasteiger partial charge in [-0.3, -0.25) is 4.21 Å². The number of rotatable bonds is 4. The number of phenolic OH excluding ortho intramolecular Hbond substituents is 1. The molecule has 0 heterocycles. The van der Waals surface area contributed by atoms with Gasteiger partial charge in [-0.15, -0.1) is 5.11 Å². The van der Waals surface area contributed by atoms with Crippen molar-refractivity contribution in [3.63, 3.8) is 0 Å². The van der Waals surface area contributed by atoms with Crippen molar-refractivity contribution >= 4 is 44.9 Å². The zero-order chi connectivity index (χ0) is 19.4. The summed E-state index contributed by atoms with van der Waals surface area (Å²) < 4.78 is 23.3. The Balaban J connectivity index is 2.10. The normalized spacial score (nSPS) is 12.2. The van der Waals surface area contributed by atoms with Crippen molar-refractivity contribution in [2.45, 2.75) is 4.90 Å². The standard InChI is InChI=1S/C18H16N4O4S/c1-19-18(24)20-13-7-8-14-11(9-13)10-15(27(25)26)16(17(14)23)22-21-12-5-3-2-4-6-12/h2-10,23H,1H3,(H,25,26)(H2,19,20,24)/p-1. The molecule has 3 aromatic carbocycles. The third kappa shape index (κ3) is 4.10. The highest BCUT2D eigenvalue weighted by Gasteiger charge is 2.14. The van der Waals surface area contributed by atoms with Crippen LogP contribution in [0.1, 0.15) is 0 Å². The van der Waals surface area contributed by atoms with E-state index in [4.69, 9.17) is 0 Å². The molecule has 3 N–H and O–H groups in total. The van der Waals surface area contributed by atoms with Crippen molar-refractivity contribution in [1.29, 1.82) is 0 Å². The van der Waals surface area contributed by atoms with Crippen LogP contribution in [0.25, 0.3) is 10.8 Å². The van der Waals surface area contributed by atoms with Gasteiger partial charge in [-0.2, -0.15) is 5.11 Å². The molecule has 2 amide bonds. The van der Waals surface area contributed by atoms with Crippen molar-refractivity contribution < 1.29 is 18.7 Å². The molecule has 27 heavy (non-hydrogen) atoms. The number of anilines is 1. The second-order valence-corrected chi connectivity index (χ2v) is 6.39. The highest BCUT2D eigenvalue weighted by atomic mass is 32.2. The Bertz CT molecular complexity index is 1050.